The molecule has 118 valence electrons. The van der Waals surface area contributed by atoms with E-state index < -0.39 is 5.97 Å². The molecule has 0 aliphatic carbocycles. The van der Waals surface area contributed by atoms with Gasteiger partial charge in [-0.25, -0.2) is 4.79 Å². The Hall–Kier alpha value is -2.03. The molecule has 2 aromatic carbocycles. The van der Waals surface area contributed by atoms with E-state index >= 15 is 0 Å². The molecule has 1 atom stereocenters. The summed E-state index contributed by atoms with van der Waals surface area (Å²) in [6, 6.07) is 10.9. The van der Waals surface area contributed by atoms with Gasteiger partial charge in [-0.1, -0.05) is 63.4 Å². The lowest BCUT2D eigenvalue weighted by Crippen LogP contribution is -2.14. The molecular weight excluding hydrogens is 276 g/mol. The summed E-state index contributed by atoms with van der Waals surface area (Å²) in [4.78, 5) is 12.4. The topological polar surface area (TPSA) is 46.5 Å². The van der Waals surface area contributed by atoms with Gasteiger partial charge in [-0.2, -0.15) is 0 Å². The first-order chi connectivity index (χ1) is 10.7. The maximum atomic E-state index is 12.4. The van der Waals surface area contributed by atoms with Crippen LogP contribution in [0.25, 0.3) is 10.8 Å². The Morgan fingerprint density at radius 2 is 1.95 bits per heavy atom. The predicted molar refractivity (Wildman–Crippen MR) is 89.2 cm³/mol. The van der Waals surface area contributed by atoms with Gasteiger partial charge in [0.15, 0.2) is 0 Å². The highest BCUT2D eigenvalue weighted by atomic mass is 16.5. The van der Waals surface area contributed by atoms with Gasteiger partial charge in [-0.05, 0) is 29.2 Å². The van der Waals surface area contributed by atoms with Crippen molar-refractivity contribution in [2.75, 3.05) is 6.61 Å². The molecule has 0 heterocycles. The molecule has 0 spiro atoms. The Bertz CT molecular complexity index is 634. The van der Waals surface area contributed by atoms with E-state index in [9.17, 15) is 9.90 Å². The van der Waals surface area contributed by atoms with Crippen molar-refractivity contribution < 1.29 is 14.6 Å². The lowest BCUT2D eigenvalue weighted by Gasteiger charge is -2.15. The van der Waals surface area contributed by atoms with Crippen molar-refractivity contribution in [2.24, 2.45) is 5.92 Å². The minimum atomic E-state index is -0.441. The third-order valence-electron chi connectivity index (χ3n) is 4.10. The number of unbranched alkanes of at least 4 members (excludes halogenated alkanes) is 1. The quantitative estimate of drug-likeness (QED) is 0.738. The minimum absolute atomic E-state index is 0.0229. The normalized spacial score (nSPS) is 12.3. The van der Waals surface area contributed by atoms with Crippen LogP contribution in [0.5, 0.6) is 5.75 Å². The Morgan fingerprint density at radius 1 is 1.18 bits per heavy atom. The van der Waals surface area contributed by atoms with Crippen LogP contribution >= 0.6 is 0 Å². The van der Waals surface area contributed by atoms with E-state index in [0.29, 0.717) is 12.5 Å². The number of benzene rings is 2. The molecule has 1 unspecified atom stereocenters. The summed E-state index contributed by atoms with van der Waals surface area (Å²) < 4.78 is 5.47. The van der Waals surface area contributed by atoms with Crippen LogP contribution < -0.4 is 0 Å². The fourth-order valence-corrected chi connectivity index (χ4v) is 2.64. The first-order valence-electron chi connectivity index (χ1n) is 8.05. The molecule has 1 N–H and O–H groups in total. The largest absolute Gasteiger partial charge is 0.507 e. The fourth-order valence-electron chi connectivity index (χ4n) is 2.64. The average Bonchev–Trinajstić information content (AvgIpc) is 2.54. The number of ether oxygens (including phenoxy) is 1. The molecule has 3 nitrogen and oxygen atoms in total. The highest BCUT2D eigenvalue weighted by Crippen LogP contribution is 2.28. The Balaban J connectivity index is 2.14. The van der Waals surface area contributed by atoms with Gasteiger partial charge >= 0.3 is 5.97 Å². The summed E-state index contributed by atoms with van der Waals surface area (Å²) in [6.07, 6.45) is 4.36. The van der Waals surface area contributed by atoms with E-state index in [1.54, 1.807) is 12.1 Å². The third-order valence-corrected chi connectivity index (χ3v) is 4.10. The molecule has 2 aromatic rings. The molecule has 0 saturated heterocycles. The molecule has 0 radical (unpaired) electrons. The minimum Gasteiger partial charge on any atom is -0.507 e. The highest BCUT2D eigenvalue weighted by Gasteiger charge is 2.18. The Kier molecular flexibility index (Phi) is 5.82. The molecular formula is C19H24O3. The van der Waals surface area contributed by atoms with Crippen LogP contribution in [0.2, 0.25) is 0 Å². The van der Waals surface area contributed by atoms with Crippen LogP contribution in [0.15, 0.2) is 36.4 Å². The van der Waals surface area contributed by atoms with E-state index in [1.807, 2.05) is 24.3 Å². The van der Waals surface area contributed by atoms with Gasteiger partial charge in [-0.3, -0.25) is 0 Å². The molecule has 0 saturated carbocycles. The van der Waals surface area contributed by atoms with Gasteiger partial charge < -0.3 is 9.84 Å². The van der Waals surface area contributed by atoms with Crippen molar-refractivity contribution in [2.45, 2.75) is 39.5 Å². The van der Waals surface area contributed by atoms with Crippen LogP contribution in [-0.4, -0.2) is 17.7 Å². The van der Waals surface area contributed by atoms with Crippen LogP contribution in [0.3, 0.4) is 0 Å². The number of aromatic hydroxyl groups is 1. The molecule has 0 fully saturated rings. The highest BCUT2D eigenvalue weighted by molar-refractivity contribution is 6.06. The van der Waals surface area contributed by atoms with E-state index in [-0.39, 0.29) is 11.3 Å². The van der Waals surface area contributed by atoms with E-state index in [4.69, 9.17) is 4.74 Å². The fraction of sp³-hybridized carbons (Fsp3) is 0.421. The van der Waals surface area contributed by atoms with Gasteiger partial charge in [0.2, 0.25) is 0 Å². The van der Waals surface area contributed by atoms with Gasteiger partial charge in [0.1, 0.15) is 11.3 Å². The summed E-state index contributed by atoms with van der Waals surface area (Å²) in [7, 11) is 0. The van der Waals surface area contributed by atoms with Gasteiger partial charge in [-0.15, -0.1) is 0 Å². The monoisotopic (exact) mass is 300 g/mol. The molecule has 0 bridgehead atoms. The predicted octanol–water partition coefficient (Wildman–Crippen LogP) is 4.92. The molecule has 0 aromatic heterocycles. The van der Waals surface area contributed by atoms with Gasteiger partial charge in [0, 0.05) is 0 Å². The van der Waals surface area contributed by atoms with Crippen molar-refractivity contribution in [3.8, 4) is 5.75 Å². The van der Waals surface area contributed by atoms with Crippen LogP contribution in [0.1, 0.15) is 49.9 Å². The van der Waals surface area contributed by atoms with Crippen LogP contribution in [0.4, 0.5) is 0 Å². The molecule has 2 rings (SSSR count). The number of hydrogen-bond acceptors (Lipinski definition) is 3. The molecule has 3 heteroatoms. The van der Waals surface area contributed by atoms with Crippen molar-refractivity contribution in [3.05, 3.63) is 42.0 Å². The zero-order valence-corrected chi connectivity index (χ0v) is 13.3. The van der Waals surface area contributed by atoms with Crippen LogP contribution in [0, 0.1) is 5.92 Å². The standard InChI is InChI=1S/C19H24O3/c1-3-5-8-14(4-2)13-22-19(21)18-16-10-7-6-9-15(16)11-12-17(18)20/h6-7,9-12,14,20H,3-5,8,13H2,1-2H3. The molecule has 22 heavy (non-hydrogen) atoms. The summed E-state index contributed by atoms with van der Waals surface area (Å²) in [5.41, 5.74) is 0.267. The van der Waals surface area contributed by atoms with Gasteiger partial charge in [0.25, 0.3) is 0 Å². The zero-order chi connectivity index (χ0) is 15.9. The van der Waals surface area contributed by atoms with Crippen molar-refractivity contribution >= 4 is 16.7 Å². The molecule has 0 amide bonds. The first kappa shape index (κ1) is 16.3. The van der Waals surface area contributed by atoms with E-state index in [2.05, 4.69) is 13.8 Å². The van der Waals surface area contributed by atoms with E-state index in [0.717, 1.165) is 36.5 Å². The second-order valence-corrected chi connectivity index (χ2v) is 5.70. The SMILES string of the molecule is CCCCC(CC)COC(=O)c1c(O)ccc2ccccc12. The summed E-state index contributed by atoms with van der Waals surface area (Å²) in [5.74, 6) is -0.0735. The number of fused-ring (bicyclic) bond motifs is 1. The number of phenolic OH excluding ortho intramolecular Hbond substituents is 1. The molecule has 0 aliphatic rings. The maximum absolute atomic E-state index is 12.4. The molecule has 0 aliphatic heterocycles. The van der Waals surface area contributed by atoms with Crippen LogP contribution in [-0.2, 0) is 4.74 Å². The van der Waals surface area contributed by atoms with Crippen molar-refractivity contribution in [1.29, 1.82) is 0 Å². The summed E-state index contributed by atoms with van der Waals surface area (Å²) in [5, 5.41) is 11.7. The smallest absolute Gasteiger partial charge is 0.342 e. The Labute approximate surface area is 131 Å². The first-order valence-corrected chi connectivity index (χ1v) is 8.05. The van der Waals surface area contributed by atoms with Crippen molar-refractivity contribution in [1.82, 2.24) is 0 Å². The maximum Gasteiger partial charge on any atom is 0.342 e. The van der Waals surface area contributed by atoms with E-state index in [1.165, 1.54) is 0 Å². The lowest BCUT2D eigenvalue weighted by molar-refractivity contribution is 0.0427. The second-order valence-electron chi connectivity index (χ2n) is 5.70. The zero-order valence-electron chi connectivity index (χ0n) is 13.3. The summed E-state index contributed by atoms with van der Waals surface area (Å²) >= 11 is 0. The lowest BCUT2D eigenvalue weighted by atomic mass is 10.0. The summed E-state index contributed by atoms with van der Waals surface area (Å²) in [6.45, 7) is 4.69. The average molecular weight is 300 g/mol. The number of carbonyl (C=O) groups excluding carboxylic acids is 1. The van der Waals surface area contributed by atoms with Gasteiger partial charge in [0.05, 0.1) is 6.61 Å². The number of phenols is 1. The van der Waals surface area contributed by atoms with Crippen molar-refractivity contribution in [3.63, 3.8) is 0 Å². The Morgan fingerprint density at radius 3 is 2.68 bits per heavy atom. The second kappa shape index (κ2) is 7.83. The number of rotatable bonds is 7. The number of hydrogen-bond donors (Lipinski definition) is 1. The number of esters is 1. The third kappa shape index (κ3) is 3.79. The number of carbonyl (C=O) groups is 1.